The Morgan fingerprint density at radius 2 is 1.15 bits per heavy atom. The van der Waals surface area contributed by atoms with Gasteiger partial charge < -0.3 is 31.9 Å². The van der Waals surface area contributed by atoms with Crippen molar-refractivity contribution in [2.75, 3.05) is 0 Å². The summed E-state index contributed by atoms with van der Waals surface area (Å²) < 4.78 is 26.5. The first kappa shape index (κ1) is 26.4. The predicted molar refractivity (Wildman–Crippen MR) is 115 cm³/mol. The van der Waals surface area contributed by atoms with Crippen molar-refractivity contribution in [2.24, 2.45) is 21.5 Å². The third-order valence-corrected chi connectivity index (χ3v) is 4.85. The number of aryl methyl sites for hydroxylation is 2. The molecular formula is C22H22F2N4O6-2. The van der Waals surface area contributed by atoms with E-state index in [1.165, 1.54) is 12.1 Å². The largest absolute Gasteiger partial charge is 0.861 e. The molecule has 2 aromatic rings. The Kier molecular flexibility index (Phi) is 9.16. The Bertz CT molecular complexity index is 1040. The number of aliphatic carboxylic acids is 2. The zero-order valence-electron chi connectivity index (χ0n) is 17.8. The second-order valence-corrected chi connectivity index (χ2v) is 7.30. The zero-order chi connectivity index (χ0) is 25.4. The van der Waals surface area contributed by atoms with Gasteiger partial charge in [0.2, 0.25) is 0 Å². The molecule has 0 amide bonds. The number of carbonyl (C=O) groups is 2. The summed E-state index contributed by atoms with van der Waals surface area (Å²) in [4.78, 5) is 25.6. The van der Waals surface area contributed by atoms with E-state index < -0.39 is 47.5 Å². The number of fused-ring (bicyclic) bond motifs is 2. The molecule has 10 nitrogen and oxygen atoms in total. The second-order valence-electron chi connectivity index (χ2n) is 7.30. The number of aliphatic imine (C=N–C) groups is 2. The number of para-hydroxylation sites is 2. The molecule has 2 atom stereocenters. The van der Waals surface area contributed by atoms with Crippen molar-refractivity contribution in [3.8, 4) is 0 Å². The summed E-state index contributed by atoms with van der Waals surface area (Å²) in [6.07, 6.45) is 2.25. The summed E-state index contributed by atoms with van der Waals surface area (Å²) in [7, 11) is 0. The van der Waals surface area contributed by atoms with Crippen LogP contribution in [-0.4, -0.2) is 46.0 Å². The van der Waals surface area contributed by atoms with Crippen LogP contribution in [0.5, 0.6) is 0 Å². The Labute approximate surface area is 192 Å². The van der Waals surface area contributed by atoms with Crippen molar-refractivity contribution in [2.45, 2.75) is 37.8 Å². The van der Waals surface area contributed by atoms with Crippen molar-refractivity contribution in [1.82, 2.24) is 0 Å². The van der Waals surface area contributed by atoms with Crippen LogP contribution in [0.15, 0.2) is 46.4 Å². The van der Waals surface area contributed by atoms with Crippen LogP contribution in [0.4, 0.5) is 20.2 Å². The fraction of sp³-hybridized carbons (Fsp3) is 0.273. The van der Waals surface area contributed by atoms with E-state index in [4.69, 9.17) is 31.3 Å². The lowest BCUT2D eigenvalue weighted by Gasteiger charge is -2.15. The van der Waals surface area contributed by atoms with Crippen molar-refractivity contribution in [3.63, 3.8) is 0 Å². The summed E-state index contributed by atoms with van der Waals surface area (Å²) in [5, 5.41) is 37.3. The molecule has 2 unspecified atom stereocenters. The zero-order valence-corrected chi connectivity index (χ0v) is 17.8. The van der Waals surface area contributed by atoms with Gasteiger partial charge in [-0.3, -0.25) is 9.98 Å². The number of carboxylic acid groups (broad SMARTS) is 2. The molecule has 2 aliphatic heterocycles. The number of nitrogens with zero attached hydrogens (tertiary/aromatic N) is 2. The van der Waals surface area contributed by atoms with E-state index in [0.717, 1.165) is 11.1 Å². The number of carboxylic acids is 2. The Morgan fingerprint density at radius 1 is 0.794 bits per heavy atom. The maximum absolute atomic E-state index is 13.3. The van der Waals surface area contributed by atoms with Crippen LogP contribution >= 0.6 is 0 Å². The molecule has 12 heteroatoms. The Balaban J connectivity index is 0.000000196. The molecule has 0 saturated carbocycles. The van der Waals surface area contributed by atoms with Gasteiger partial charge in [0.1, 0.15) is 23.0 Å². The van der Waals surface area contributed by atoms with Crippen molar-refractivity contribution in [1.29, 1.82) is 0 Å². The van der Waals surface area contributed by atoms with Gasteiger partial charge in [-0.1, -0.05) is 24.3 Å². The summed E-state index contributed by atoms with van der Waals surface area (Å²) in [6.45, 7) is 0. The molecule has 2 aliphatic rings. The molecule has 6 N–H and O–H groups in total. The minimum atomic E-state index is -1.82. The highest BCUT2D eigenvalue weighted by atomic mass is 19.1. The van der Waals surface area contributed by atoms with Gasteiger partial charge in [-0.05, 0) is 60.7 Å². The molecule has 4 rings (SSSR count). The third kappa shape index (κ3) is 7.05. The lowest BCUT2D eigenvalue weighted by Crippen LogP contribution is -2.38. The molecule has 0 aromatic heterocycles. The first-order chi connectivity index (χ1) is 16.0. The lowest BCUT2D eigenvalue weighted by atomic mass is 10.1. The van der Waals surface area contributed by atoms with Gasteiger partial charge in [0.05, 0.1) is 0 Å². The summed E-state index contributed by atoms with van der Waals surface area (Å²) in [5.41, 5.74) is 12.9. The van der Waals surface area contributed by atoms with E-state index in [1.807, 2.05) is 0 Å². The molecule has 34 heavy (non-hydrogen) atoms. The predicted octanol–water partition coefficient (Wildman–Crippen LogP) is 0.135. The van der Waals surface area contributed by atoms with Gasteiger partial charge in [0, 0.05) is 12.1 Å². The van der Waals surface area contributed by atoms with Crippen molar-refractivity contribution in [3.05, 3.63) is 59.2 Å². The Hall–Kier alpha value is -3.90. The van der Waals surface area contributed by atoms with Crippen molar-refractivity contribution < 1.29 is 38.8 Å². The maximum atomic E-state index is 13.3. The number of hydrogen-bond acceptors (Lipinski definition) is 8. The Morgan fingerprint density at radius 3 is 1.47 bits per heavy atom. The SMILES string of the molecule is NC1CCc2cccc(F)c2N=C1[O-].NC1CCc2cccc(F)c2N=C1[O-].O=C(O)C(=O)O. The number of nitrogens with two attached hydrogens (primary N) is 2. The average Bonchev–Trinajstić information content (AvgIpc) is 3.03. The molecule has 182 valence electrons. The molecule has 0 radical (unpaired) electrons. The molecular weight excluding hydrogens is 454 g/mol. The highest BCUT2D eigenvalue weighted by Crippen LogP contribution is 2.28. The second kappa shape index (κ2) is 11.8. The fourth-order valence-electron chi connectivity index (χ4n) is 3.03. The third-order valence-electron chi connectivity index (χ3n) is 4.85. The summed E-state index contributed by atoms with van der Waals surface area (Å²) >= 11 is 0. The van der Waals surface area contributed by atoms with E-state index in [-0.39, 0.29) is 11.4 Å². The van der Waals surface area contributed by atoms with E-state index in [0.29, 0.717) is 25.7 Å². The molecule has 0 aliphatic carbocycles. The van der Waals surface area contributed by atoms with E-state index in [2.05, 4.69) is 9.98 Å². The van der Waals surface area contributed by atoms with Crippen LogP contribution in [0, 0.1) is 11.6 Å². The number of hydrogen-bond donors (Lipinski definition) is 4. The van der Waals surface area contributed by atoms with E-state index in [1.54, 1.807) is 24.3 Å². The standard InChI is InChI=1S/2C10H11FN2O.C2H2O4/c2*11-7-3-1-2-6-4-5-8(12)10(14)13-9(6)7;3-1(4)2(5)6/h2*1-3,8H,4-5,12H2,(H,13,14);(H,3,4)(H,5,6)/p-2. The number of rotatable bonds is 0. The van der Waals surface area contributed by atoms with Crippen LogP contribution in [0.1, 0.15) is 24.0 Å². The smallest absolute Gasteiger partial charge is 0.414 e. The van der Waals surface area contributed by atoms with Crippen molar-refractivity contribution >= 4 is 35.1 Å². The van der Waals surface area contributed by atoms with Gasteiger partial charge in [0.15, 0.2) is 0 Å². The maximum Gasteiger partial charge on any atom is 0.414 e. The van der Waals surface area contributed by atoms with Crippen LogP contribution in [0.25, 0.3) is 0 Å². The van der Waals surface area contributed by atoms with Crippen LogP contribution in [0.3, 0.4) is 0 Å². The quantitative estimate of drug-likeness (QED) is 0.385. The van der Waals surface area contributed by atoms with E-state index >= 15 is 0 Å². The van der Waals surface area contributed by atoms with Crippen LogP contribution in [0.2, 0.25) is 0 Å². The first-order valence-electron chi connectivity index (χ1n) is 10.0. The topological polar surface area (TPSA) is 197 Å². The summed E-state index contributed by atoms with van der Waals surface area (Å²) in [5.74, 6) is -5.43. The van der Waals surface area contributed by atoms with E-state index in [9.17, 15) is 19.0 Å². The fourth-order valence-corrected chi connectivity index (χ4v) is 3.03. The van der Waals surface area contributed by atoms with Gasteiger partial charge in [0.25, 0.3) is 0 Å². The highest BCUT2D eigenvalue weighted by molar-refractivity contribution is 6.27. The van der Waals surface area contributed by atoms with Gasteiger partial charge >= 0.3 is 11.9 Å². The van der Waals surface area contributed by atoms with Gasteiger partial charge in [-0.2, -0.15) is 0 Å². The first-order valence-corrected chi connectivity index (χ1v) is 10.0. The molecule has 0 saturated heterocycles. The minimum Gasteiger partial charge on any atom is -0.861 e. The highest BCUT2D eigenvalue weighted by Gasteiger charge is 2.15. The van der Waals surface area contributed by atoms with Gasteiger partial charge in [-0.25, -0.2) is 18.4 Å². The normalized spacial score (nSPS) is 18.6. The van der Waals surface area contributed by atoms with Crippen LogP contribution < -0.4 is 21.7 Å². The molecule has 0 fully saturated rings. The molecule has 2 aromatic carbocycles. The number of halogens is 2. The summed E-state index contributed by atoms with van der Waals surface area (Å²) in [6, 6.07) is 8.18. The van der Waals surface area contributed by atoms with Crippen LogP contribution in [-0.2, 0) is 22.4 Å². The molecule has 0 bridgehead atoms. The minimum absolute atomic E-state index is 0.158. The number of benzene rings is 2. The monoisotopic (exact) mass is 476 g/mol. The molecule has 2 heterocycles. The van der Waals surface area contributed by atoms with Gasteiger partial charge in [-0.15, -0.1) is 0 Å². The lowest BCUT2D eigenvalue weighted by molar-refractivity contribution is -0.220. The molecule has 0 spiro atoms. The average molecular weight is 476 g/mol.